The Balaban J connectivity index is 2.82. The van der Waals surface area contributed by atoms with Crippen molar-refractivity contribution in [3.8, 4) is 0 Å². The number of nitrogens with one attached hydrogen (secondary N) is 1. The largest absolute Gasteiger partial charge is 0.392 e. The maximum absolute atomic E-state index is 13.3. The van der Waals surface area contributed by atoms with Crippen LogP contribution < -0.4 is 5.32 Å². The van der Waals surface area contributed by atoms with E-state index in [4.69, 9.17) is 5.11 Å². The van der Waals surface area contributed by atoms with E-state index in [0.717, 1.165) is 0 Å². The van der Waals surface area contributed by atoms with Crippen molar-refractivity contribution in [3.05, 3.63) is 33.1 Å². The van der Waals surface area contributed by atoms with Crippen LogP contribution in [-0.4, -0.2) is 23.7 Å². The second-order valence-electron chi connectivity index (χ2n) is 3.16. The summed E-state index contributed by atoms with van der Waals surface area (Å²) in [4.78, 5) is 11.5. The molecule has 0 aliphatic carbocycles. The average Bonchev–Trinajstić information content (AvgIpc) is 2.14. The van der Waals surface area contributed by atoms with Gasteiger partial charge in [0.25, 0.3) is 5.91 Å². The van der Waals surface area contributed by atoms with E-state index in [9.17, 15) is 9.18 Å². The van der Waals surface area contributed by atoms with Crippen LogP contribution in [0.2, 0.25) is 0 Å². The van der Waals surface area contributed by atoms with Crippen molar-refractivity contribution in [1.82, 2.24) is 5.32 Å². The maximum Gasteiger partial charge on any atom is 0.255 e. The van der Waals surface area contributed by atoms with Crippen LogP contribution in [0.1, 0.15) is 17.3 Å². The van der Waals surface area contributed by atoms with Gasteiger partial charge in [-0.2, -0.15) is 0 Å². The Morgan fingerprint density at radius 2 is 2.33 bits per heavy atom. The summed E-state index contributed by atoms with van der Waals surface area (Å²) in [6.07, 6.45) is -0.640. The smallest absolute Gasteiger partial charge is 0.255 e. The lowest BCUT2D eigenvalue weighted by Gasteiger charge is -2.08. The van der Waals surface area contributed by atoms with Gasteiger partial charge in [0.2, 0.25) is 0 Å². The number of hydrogen-bond acceptors (Lipinski definition) is 2. The molecule has 1 aromatic rings. The van der Waals surface area contributed by atoms with Crippen molar-refractivity contribution in [1.29, 1.82) is 0 Å². The number of carbonyl (C=O) groups excluding carboxylic acids is 1. The second kappa shape index (κ2) is 5.41. The van der Waals surface area contributed by atoms with E-state index in [2.05, 4.69) is 5.32 Å². The Hall–Kier alpha value is -0.690. The van der Waals surface area contributed by atoms with Crippen LogP contribution in [0.3, 0.4) is 0 Å². The third-order valence-corrected chi connectivity index (χ3v) is 2.65. The van der Waals surface area contributed by atoms with Crippen molar-refractivity contribution in [2.45, 2.75) is 13.0 Å². The zero-order chi connectivity index (χ0) is 11.4. The predicted molar refractivity (Wildman–Crippen MR) is 63.1 cm³/mol. The number of aliphatic hydroxyl groups excluding tert-OH is 1. The molecule has 0 saturated carbocycles. The van der Waals surface area contributed by atoms with Crippen LogP contribution in [0.25, 0.3) is 0 Å². The lowest BCUT2D eigenvalue weighted by atomic mass is 10.2. The van der Waals surface area contributed by atoms with E-state index in [1.54, 1.807) is 19.1 Å². The van der Waals surface area contributed by atoms with Crippen LogP contribution in [0.4, 0.5) is 4.39 Å². The molecule has 5 heteroatoms. The van der Waals surface area contributed by atoms with Gasteiger partial charge in [0.15, 0.2) is 0 Å². The molecular formula is C10H11FINO2. The molecular weight excluding hydrogens is 312 g/mol. The van der Waals surface area contributed by atoms with Gasteiger partial charge in [-0.25, -0.2) is 4.39 Å². The molecule has 2 N–H and O–H groups in total. The number of benzene rings is 1. The highest BCUT2D eigenvalue weighted by molar-refractivity contribution is 14.1. The Labute approximate surface area is 101 Å². The Bertz CT molecular complexity index is 348. The molecule has 0 bridgehead atoms. The van der Waals surface area contributed by atoms with E-state index < -0.39 is 17.8 Å². The van der Waals surface area contributed by atoms with Gasteiger partial charge in [0.05, 0.1) is 11.7 Å². The fourth-order valence-corrected chi connectivity index (χ4v) is 1.75. The quantitative estimate of drug-likeness (QED) is 0.829. The zero-order valence-electron chi connectivity index (χ0n) is 8.13. The van der Waals surface area contributed by atoms with E-state index in [-0.39, 0.29) is 12.1 Å². The van der Waals surface area contributed by atoms with Gasteiger partial charge in [0.1, 0.15) is 5.82 Å². The Kier molecular flexibility index (Phi) is 4.46. The summed E-state index contributed by atoms with van der Waals surface area (Å²) < 4.78 is 13.8. The first kappa shape index (κ1) is 12.4. The molecule has 0 heterocycles. The summed E-state index contributed by atoms with van der Waals surface area (Å²) in [7, 11) is 0. The minimum absolute atomic E-state index is 0.0266. The topological polar surface area (TPSA) is 49.3 Å². The van der Waals surface area contributed by atoms with Gasteiger partial charge in [0, 0.05) is 10.1 Å². The van der Waals surface area contributed by atoms with Gasteiger partial charge in [-0.15, -0.1) is 0 Å². The molecule has 0 aromatic heterocycles. The van der Waals surface area contributed by atoms with Crippen molar-refractivity contribution >= 4 is 28.5 Å². The minimum Gasteiger partial charge on any atom is -0.392 e. The number of carbonyl (C=O) groups is 1. The number of amides is 1. The van der Waals surface area contributed by atoms with Crippen molar-refractivity contribution in [3.63, 3.8) is 0 Å². The molecule has 1 rings (SSSR count). The van der Waals surface area contributed by atoms with E-state index in [1.807, 2.05) is 22.6 Å². The van der Waals surface area contributed by atoms with Crippen LogP contribution in [0, 0.1) is 9.39 Å². The molecule has 1 aromatic carbocycles. The maximum atomic E-state index is 13.3. The normalized spacial score (nSPS) is 12.3. The Morgan fingerprint density at radius 1 is 1.67 bits per heavy atom. The van der Waals surface area contributed by atoms with Gasteiger partial charge in [-0.3, -0.25) is 4.79 Å². The first-order valence-corrected chi connectivity index (χ1v) is 5.50. The summed E-state index contributed by atoms with van der Waals surface area (Å²) in [6.45, 7) is 1.66. The summed E-state index contributed by atoms with van der Waals surface area (Å²) >= 11 is 1.89. The fourth-order valence-electron chi connectivity index (χ4n) is 1.04. The first-order valence-electron chi connectivity index (χ1n) is 4.42. The number of rotatable bonds is 3. The molecule has 1 unspecified atom stereocenters. The molecule has 0 aliphatic heterocycles. The van der Waals surface area contributed by atoms with Crippen molar-refractivity contribution in [2.75, 3.05) is 6.54 Å². The predicted octanol–water partition coefficient (Wildman–Crippen LogP) is 1.54. The Morgan fingerprint density at radius 3 is 2.87 bits per heavy atom. The number of aliphatic hydroxyl groups is 1. The molecule has 1 amide bonds. The molecule has 1 atom stereocenters. The van der Waals surface area contributed by atoms with Crippen molar-refractivity contribution < 1.29 is 14.3 Å². The number of hydrogen-bond donors (Lipinski definition) is 2. The highest BCUT2D eigenvalue weighted by Crippen LogP contribution is 2.15. The standard InChI is InChI=1S/C10H11FINO2/c1-6(14)5-13-10(15)9-7(11)3-2-4-8(9)12/h2-4,6,14H,5H2,1H3,(H,13,15). The monoisotopic (exact) mass is 323 g/mol. The molecule has 3 nitrogen and oxygen atoms in total. The highest BCUT2D eigenvalue weighted by atomic mass is 127. The second-order valence-corrected chi connectivity index (χ2v) is 4.32. The molecule has 15 heavy (non-hydrogen) atoms. The van der Waals surface area contributed by atoms with E-state index >= 15 is 0 Å². The molecule has 82 valence electrons. The first-order chi connectivity index (χ1) is 7.02. The van der Waals surface area contributed by atoms with E-state index in [1.165, 1.54) is 6.07 Å². The summed E-state index contributed by atoms with van der Waals surface area (Å²) in [5, 5.41) is 11.4. The fraction of sp³-hybridized carbons (Fsp3) is 0.300. The lowest BCUT2D eigenvalue weighted by Crippen LogP contribution is -2.31. The van der Waals surface area contributed by atoms with Crippen LogP contribution in [0.15, 0.2) is 18.2 Å². The van der Waals surface area contributed by atoms with Crippen molar-refractivity contribution in [2.24, 2.45) is 0 Å². The van der Waals surface area contributed by atoms with Crippen LogP contribution >= 0.6 is 22.6 Å². The number of halogens is 2. The van der Waals surface area contributed by atoms with Gasteiger partial charge in [-0.05, 0) is 41.6 Å². The van der Waals surface area contributed by atoms with Crippen LogP contribution in [-0.2, 0) is 0 Å². The van der Waals surface area contributed by atoms with Gasteiger partial charge in [-0.1, -0.05) is 6.07 Å². The highest BCUT2D eigenvalue weighted by Gasteiger charge is 2.14. The molecule has 0 saturated heterocycles. The van der Waals surface area contributed by atoms with Crippen LogP contribution in [0.5, 0.6) is 0 Å². The molecule has 0 fully saturated rings. The average molecular weight is 323 g/mol. The molecule has 0 aliphatic rings. The lowest BCUT2D eigenvalue weighted by molar-refractivity contribution is 0.0919. The summed E-state index contributed by atoms with van der Waals surface area (Å²) in [5.74, 6) is -1.05. The van der Waals surface area contributed by atoms with Gasteiger partial charge >= 0.3 is 0 Å². The molecule has 0 radical (unpaired) electrons. The third-order valence-electron chi connectivity index (χ3n) is 1.75. The summed E-state index contributed by atoms with van der Waals surface area (Å²) in [6, 6.07) is 4.43. The third kappa shape index (κ3) is 3.42. The van der Waals surface area contributed by atoms with E-state index in [0.29, 0.717) is 3.57 Å². The van der Waals surface area contributed by atoms with Gasteiger partial charge < -0.3 is 10.4 Å². The molecule has 0 spiro atoms. The summed E-state index contributed by atoms with van der Waals surface area (Å²) in [5.41, 5.74) is 0.0266. The minimum atomic E-state index is -0.640. The SMILES string of the molecule is CC(O)CNC(=O)c1c(F)cccc1I. The zero-order valence-corrected chi connectivity index (χ0v) is 10.3.